The molecule has 0 saturated carbocycles. The van der Waals surface area contributed by atoms with Gasteiger partial charge in [0, 0.05) is 38.3 Å². The molecule has 3 aliphatic rings. The van der Waals surface area contributed by atoms with Gasteiger partial charge in [0.1, 0.15) is 12.4 Å². The number of thiocarbonyl (C=S) groups is 1. The first-order valence-corrected chi connectivity index (χ1v) is 16.7. The molecule has 18 heteroatoms. The van der Waals surface area contributed by atoms with E-state index in [0.29, 0.717) is 57.8 Å². The SMILES string of the molecule is O=C(O)C1CCN(C(=O)CNN2C(=O)/C(=C/c3cc(-c4cc(C(F)(F)F)cc(C(F)(F)F)c4)ccc3OCCN3CCOCC3)SC2=S)CC1. The zero-order chi connectivity index (χ0) is 36.2. The number of piperidine rings is 1. The maximum absolute atomic E-state index is 13.6. The second-order valence-electron chi connectivity index (χ2n) is 11.7. The summed E-state index contributed by atoms with van der Waals surface area (Å²) in [4.78, 5) is 41.0. The Morgan fingerprint density at radius 3 is 2.22 bits per heavy atom. The number of hydrazine groups is 1. The average Bonchev–Trinajstić information content (AvgIpc) is 3.34. The molecule has 2 amide bonds. The van der Waals surface area contributed by atoms with Crippen molar-refractivity contribution in [3.05, 3.63) is 58.0 Å². The van der Waals surface area contributed by atoms with Crippen molar-refractivity contribution in [2.45, 2.75) is 25.2 Å². The van der Waals surface area contributed by atoms with Crippen LogP contribution in [0.1, 0.15) is 29.5 Å². The highest BCUT2D eigenvalue weighted by Crippen LogP contribution is 2.40. The van der Waals surface area contributed by atoms with Crippen molar-refractivity contribution in [3.8, 4) is 16.9 Å². The molecule has 0 atom stereocenters. The minimum Gasteiger partial charge on any atom is -0.492 e. The molecule has 2 aromatic carbocycles. The molecule has 0 aliphatic carbocycles. The number of likely N-dealkylation sites (tertiary alicyclic amines) is 1. The van der Waals surface area contributed by atoms with E-state index < -0.39 is 41.3 Å². The van der Waals surface area contributed by atoms with E-state index in [9.17, 15) is 45.8 Å². The van der Waals surface area contributed by atoms with Crippen LogP contribution >= 0.6 is 24.0 Å². The number of carbonyl (C=O) groups excluding carboxylic acids is 2. The molecule has 3 fully saturated rings. The lowest BCUT2D eigenvalue weighted by Crippen LogP contribution is -2.49. The second-order valence-corrected chi connectivity index (χ2v) is 13.4. The zero-order valence-corrected chi connectivity index (χ0v) is 27.9. The van der Waals surface area contributed by atoms with Crippen molar-refractivity contribution >= 4 is 52.2 Å². The first kappa shape index (κ1) is 37.5. The highest BCUT2D eigenvalue weighted by molar-refractivity contribution is 8.26. The Morgan fingerprint density at radius 1 is 0.980 bits per heavy atom. The predicted molar refractivity (Wildman–Crippen MR) is 175 cm³/mol. The molecular weight excluding hydrogens is 714 g/mol. The van der Waals surface area contributed by atoms with Gasteiger partial charge in [0.2, 0.25) is 5.91 Å². The van der Waals surface area contributed by atoms with Gasteiger partial charge >= 0.3 is 18.3 Å². The monoisotopic (exact) mass is 746 g/mol. The van der Waals surface area contributed by atoms with E-state index in [0.717, 1.165) is 16.8 Å². The number of morpholine rings is 1. The van der Waals surface area contributed by atoms with E-state index in [2.05, 4.69) is 10.3 Å². The summed E-state index contributed by atoms with van der Waals surface area (Å²) < 4.78 is 93.1. The average molecular weight is 747 g/mol. The highest BCUT2D eigenvalue weighted by atomic mass is 32.2. The second kappa shape index (κ2) is 15.7. The van der Waals surface area contributed by atoms with Crippen LogP contribution in [0.3, 0.4) is 0 Å². The molecule has 3 aliphatic heterocycles. The predicted octanol–water partition coefficient (Wildman–Crippen LogP) is 5.13. The lowest BCUT2D eigenvalue weighted by atomic mass is 9.97. The van der Waals surface area contributed by atoms with E-state index in [4.69, 9.17) is 21.7 Å². The number of amides is 2. The first-order chi connectivity index (χ1) is 23.6. The molecule has 2 aromatic rings. The third-order valence-electron chi connectivity index (χ3n) is 8.37. The Morgan fingerprint density at radius 2 is 1.62 bits per heavy atom. The van der Waals surface area contributed by atoms with Crippen molar-refractivity contribution in [1.82, 2.24) is 20.2 Å². The minimum absolute atomic E-state index is 0.0132. The summed E-state index contributed by atoms with van der Waals surface area (Å²) in [7, 11) is 0. The molecule has 2 N–H and O–H groups in total. The topological polar surface area (TPSA) is 112 Å². The minimum atomic E-state index is -5.04. The maximum Gasteiger partial charge on any atom is 0.416 e. The molecule has 0 bridgehead atoms. The fraction of sp³-hybridized carbons (Fsp3) is 0.438. The summed E-state index contributed by atoms with van der Waals surface area (Å²) in [6.45, 7) is 3.38. The number of carboxylic acid groups (broad SMARTS) is 1. The van der Waals surface area contributed by atoms with Crippen LogP contribution in [0.4, 0.5) is 26.3 Å². The number of nitrogens with one attached hydrogen (secondary N) is 1. The molecule has 5 rings (SSSR count). The summed E-state index contributed by atoms with van der Waals surface area (Å²) in [5.74, 6) is -2.23. The number of thioether (sulfide) groups is 1. The fourth-order valence-corrected chi connectivity index (χ4v) is 6.79. The third kappa shape index (κ3) is 9.34. The van der Waals surface area contributed by atoms with Crippen LogP contribution in [0, 0.1) is 5.92 Å². The Labute approximate surface area is 292 Å². The molecule has 3 saturated heterocycles. The zero-order valence-electron chi connectivity index (χ0n) is 26.3. The highest BCUT2D eigenvalue weighted by Gasteiger charge is 2.37. The van der Waals surface area contributed by atoms with Crippen LogP contribution < -0.4 is 10.2 Å². The van der Waals surface area contributed by atoms with Crippen LogP contribution in [-0.4, -0.2) is 101 Å². The molecule has 0 unspecified atom stereocenters. The lowest BCUT2D eigenvalue weighted by Gasteiger charge is -2.30. The van der Waals surface area contributed by atoms with Crippen LogP contribution in [0.25, 0.3) is 17.2 Å². The van der Waals surface area contributed by atoms with Crippen LogP contribution in [0.2, 0.25) is 0 Å². The third-order valence-corrected chi connectivity index (χ3v) is 9.67. The smallest absolute Gasteiger partial charge is 0.416 e. The number of alkyl halides is 6. The van der Waals surface area contributed by atoms with E-state index in [-0.39, 0.29) is 69.9 Å². The molecule has 0 radical (unpaired) electrons. The van der Waals surface area contributed by atoms with Gasteiger partial charge in [-0.3, -0.25) is 19.3 Å². The summed E-state index contributed by atoms with van der Waals surface area (Å²) in [6.07, 6.45) is -8.10. The quantitative estimate of drug-likeness (QED) is 0.193. The molecule has 0 aromatic heterocycles. The van der Waals surface area contributed by atoms with Crippen molar-refractivity contribution in [3.63, 3.8) is 0 Å². The molecule has 50 heavy (non-hydrogen) atoms. The van der Waals surface area contributed by atoms with E-state index in [1.54, 1.807) is 0 Å². The Kier molecular flexibility index (Phi) is 11.8. The summed E-state index contributed by atoms with van der Waals surface area (Å²) in [5.41, 5.74) is -0.366. The van der Waals surface area contributed by atoms with Gasteiger partial charge in [-0.1, -0.05) is 30.0 Å². The van der Waals surface area contributed by atoms with Gasteiger partial charge in [-0.15, -0.1) is 0 Å². The summed E-state index contributed by atoms with van der Waals surface area (Å²) in [5, 5.41) is 10.2. The molecule has 3 heterocycles. The van der Waals surface area contributed by atoms with Gasteiger partial charge in [0.25, 0.3) is 5.91 Å². The van der Waals surface area contributed by atoms with Crippen LogP contribution in [-0.2, 0) is 31.5 Å². The van der Waals surface area contributed by atoms with Crippen molar-refractivity contribution in [1.29, 1.82) is 0 Å². The van der Waals surface area contributed by atoms with Gasteiger partial charge in [0.15, 0.2) is 4.32 Å². The number of hydrogen-bond acceptors (Lipinski definition) is 9. The molecule has 270 valence electrons. The van der Waals surface area contributed by atoms with Gasteiger partial charge in [-0.2, -0.15) is 26.3 Å². The maximum atomic E-state index is 13.6. The largest absolute Gasteiger partial charge is 0.492 e. The van der Waals surface area contributed by atoms with Crippen LogP contribution in [0.15, 0.2) is 41.3 Å². The normalized spacial score (nSPS) is 19.0. The van der Waals surface area contributed by atoms with Crippen LogP contribution in [0.5, 0.6) is 5.75 Å². The molecule has 10 nitrogen and oxygen atoms in total. The van der Waals surface area contributed by atoms with Crippen molar-refractivity contribution < 1.29 is 55.3 Å². The van der Waals surface area contributed by atoms with Crippen molar-refractivity contribution in [2.75, 3.05) is 59.1 Å². The van der Waals surface area contributed by atoms with Gasteiger partial charge in [-0.25, -0.2) is 10.4 Å². The van der Waals surface area contributed by atoms with Gasteiger partial charge in [-0.05, 0) is 60.4 Å². The number of hydrogen-bond donors (Lipinski definition) is 2. The number of nitrogens with zero attached hydrogens (tertiary/aromatic N) is 3. The number of carbonyl (C=O) groups is 3. The lowest BCUT2D eigenvalue weighted by molar-refractivity contribution is -0.145. The van der Waals surface area contributed by atoms with E-state index in [1.807, 2.05) is 0 Å². The Balaban J connectivity index is 1.39. The van der Waals surface area contributed by atoms with E-state index >= 15 is 0 Å². The number of ether oxygens (including phenoxy) is 2. The first-order valence-electron chi connectivity index (χ1n) is 15.5. The molecule has 0 spiro atoms. The number of carboxylic acids is 1. The number of rotatable bonds is 10. The standard InChI is InChI=1S/C32H32F6N4O6S2/c33-31(34,35)23-14-21(15-24(17-23)32(36,37)38)20-1-2-25(48-12-9-40-7-10-47-11-8-40)22(13-20)16-26-28(44)42(30(49)50-26)39-18-27(43)41-5-3-19(4-6-41)29(45)46/h1-2,13-17,19,39H,3-12,18H2,(H,45,46)/b26-16-. The molecular formula is C32H32F6N4O6S2. The van der Waals surface area contributed by atoms with E-state index in [1.165, 1.54) is 29.2 Å². The number of halogens is 6. The van der Waals surface area contributed by atoms with Gasteiger partial charge in [0.05, 0.1) is 41.7 Å². The summed E-state index contributed by atoms with van der Waals surface area (Å²) >= 11 is 6.23. The van der Waals surface area contributed by atoms with Crippen molar-refractivity contribution in [2.24, 2.45) is 5.92 Å². The summed E-state index contributed by atoms with van der Waals surface area (Å²) in [6, 6.07) is 5.39. The fourth-order valence-electron chi connectivity index (χ4n) is 5.58. The number of aliphatic carboxylic acids is 1. The number of benzene rings is 2. The Hall–Kier alpha value is -3.71. The van der Waals surface area contributed by atoms with Gasteiger partial charge < -0.3 is 19.5 Å². The Bertz CT molecular complexity index is 1620.